The Morgan fingerprint density at radius 3 is 2.11 bits per heavy atom. The molecule has 5 heteroatoms. The number of hydrogen-bond donors (Lipinski definition) is 0. The van der Waals surface area contributed by atoms with E-state index in [0.717, 1.165) is 81.4 Å². The van der Waals surface area contributed by atoms with Gasteiger partial charge in [-0.25, -0.2) is 9.97 Å². The summed E-state index contributed by atoms with van der Waals surface area (Å²) in [6, 6.07) is 58.3. The zero-order valence-electron chi connectivity index (χ0n) is 28.2. The molecule has 0 radical (unpaired) electrons. The molecular weight excluding hydrogens is 667 g/mol. The highest BCUT2D eigenvalue weighted by atomic mass is 32.1. The molecule has 0 atom stereocenters. The van der Waals surface area contributed by atoms with Crippen molar-refractivity contribution < 1.29 is 4.42 Å². The maximum absolute atomic E-state index is 6.53. The summed E-state index contributed by atoms with van der Waals surface area (Å²) in [6.45, 7) is 0. The molecule has 12 rings (SSSR count). The van der Waals surface area contributed by atoms with Crippen molar-refractivity contribution in [3.8, 4) is 28.3 Å². The minimum absolute atomic E-state index is 0.650. The number of hydrogen-bond acceptors (Lipinski definition) is 4. The van der Waals surface area contributed by atoms with Gasteiger partial charge in [0, 0.05) is 42.6 Å². The van der Waals surface area contributed by atoms with Crippen LogP contribution in [0.25, 0.3) is 114 Å². The highest BCUT2D eigenvalue weighted by Crippen LogP contribution is 2.42. The predicted molar refractivity (Wildman–Crippen MR) is 222 cm³/mol. The fraction of sp³-hybridized carbons (Fsp3) is 0. The topological polar surface area (TPSA) is 43.9 Å². The Kier molecular flexibility index (Phi) is 5.90. The molecule has 8 aromatic carbocycles. The molecule has 0 aliphatic rings. The van der Waals surface area contributed by atoms with E-state index in [1.165, 1.54) is 26.6 Å². The summed E-state index contributed by atoms with van der Waals surface area (Å²) in [6.07, 6.45) is 0. The van der Waals surface area contributed by atoms with Crippen LogP contribution in [-0.4, -0.2) is 14.5 Å². The van der Waals surface area contributed by atoms with Gasteiger partial charge in [0.1, 0.15) is 11.2 Å². The quantitative estimate of drug-likeness (QED) is 0.185. The number of thiophene rings is 1. The zero-order chi connectivity index (χ0) is 34.6. The molecule has 12 aromatic rings. The molecule has 0 spiro atoms. The third kappa shape index (κ3) is 4.17. The number of aromatic nitrogens is 3. The average Bonchev–Trinajstić information content (AvgIpc) is 3.89. The first-order valence-corrected chi connectivity index (χ1v) is 18.6. The van der Waals surface area contributed by atoms with Crippen molar-refractivity contribution >= 4 is 96.9 Å². The van der Waals surface area contributed by atoms with Gasteiger partial charge in [0.25, 0.3) is 0 Å². The first-order chi connectivity index (χ1) is 26.3. The highest BCUT2D eigenvalue weighted by Gasteiger charge is 2.21. The van der Waals surface area contributed by atoms with Crippen LogP contribution in [-0.2, 0) is 0 Å². The lowest BCUT2D eigenvalue weighted by Crippen LogP contribution is -2.02. The van der Waals surface area contributed by atoms with Crippen LogP contribution in [0.2, 0.25) is 0 Å². The van der Waals surface area contributed by atoms with E-state index in [2.05, 4.69) is 156 Å². The number of fused-ring (bicyclic) bond motifs is 12. The molecule has 0 saturated carbocycles. The Morgan fingerprint density at radius 2 is 1.21 bits per heavy atom. The first-order valence-electron chi connectivity index (χ1n) is 17.8. The molecule has 4 nitrogen and oxygen atoms in total. The van der Waals surface area contributed by atoms with Crippen LogP contribution in [0.1, 0.15) is 0 Å². The molecule has 0 unspecified atom stereocenters. The summed E-state index contributed by atoms with van der Waals surface area (Å²) >= 11 is 1.76. The second kappa shape index (κ2) is 10.8. The Balaban J connectivity index is 1.13. The third-order valence-electron chi connectivity index (χ3n) is 10.8. The summed E-state index contributed by atoms with van der Waals surface area (Å²) in [5.74, 6) is 0.650. The number of furan rings is 1. The van der Waals surface area contributed by atoms with Crippen LogP contribution in [0.5, 0.6) is 0 Å². The molecule has 4 heterocycles. The highest BCUT2D eigenvalue weighted by molar-refractivity contribution is 7.26. The maximum atomic E-state index is 6.53. The first kappa shape index (κ1) is 28.8. The van der Waals surface area contributed by atoms with Gasteiger partial charge in [0.05, 0.1) is 26.9 Å². The summed E-state index contributed by atoms with van der Waals surface area (Å²) in [5.41, 5.74) is 9.26. The SMILES string of the molecule is c1ccc2c(-c3ccc(-c4nc(-n5c6ccccc6c6cc7ccc8c9ccccc9oc8c7cc65)nc5c4sc4ccccc45)cc3)cccc2c1. The van der Waals surface area contributed by atoms with E-state index >= 15 is 0 Å². The molecule has 4 aromatic heterocycles. The van der Waals surface area contributed by atoms with E-state index < -0.39 is 0 Å². The van der Waals surface area contributed by atoms with Crippen LogP contribution < -0.4 is 0 Å². The second-order valence-corrected chi connectivity index (χ2v) is 14.8. The summed E-state index contributed by atoms with van der Waals surface area (Å²) in [4.78, 5) is 10.9. The van der Waals surface area contributed by atoms with Gasteiger partial charge in [-0.1, -0.05) is 127 Å². The van der Waals surface area contributed by atoms with Crippen LogP contribution in [0.3, 0.4) is 0 Å². The number of nitrogens with zero attached hydrogens (tertiary/aromatic N) is 3. The Labute approximate surface area is 306 Å². The second-order valence-electron chi connectivity index (χ2n) is 13.7. The maximum Gasteiger partial charge on any atom is 0.235 e. The van der Waals surface area contributed by atoms with Gasteiger partial charge < -0.3 is 4.42 Å². The van der Waals surface area contributed by atoms with Gasteiger partial charge in [-0.05, 0) is 63.7 Å². The molecule has 0 aliphatic heterocycles. The van der Waals surface area contributed by atoms with Crippen LogP contribution >= 0.6 is 11.3 Å². The molecule has 53 heavy (non-hydrogen) atoms. The molecule has 0 fully saturated rings. The molecule has 246 valence electrons. The fourth-order valence-electron chi connectivity index (χ4n) is 8.35. The molecular formula is C48H27N3OS. The normalized spacial score (nSPS) is 12.2. The van der Waals surface area contributed by atoms with E-state index in [9.17, 15) is 0 Å². The summed E-state index contributed by atoms with van der Waals surface area (Å²) in [7, 11) is 0. The predicted octanol–water partition coefficient (Wildman–Crippen LogP) is 13.5. The van der Waals surface area contributed by atoms with Crippen molar-refractivity contribution in [3.63, 3.8) is 0 Å². The van der Waals surface area contributed by atoms with Crippen LogP contribution in [0, 0.1) is 0 Å². The van der Waals surface area contributed by atoms with Crippen LogP contribution in [0.15, 0.2) is 168 Å². The van der Waals surface area contributed by atoms with Crippen LogP contribution in [0.4, 0.5) is 0 Å². The van der Waals surface area contributed by atoms with Gasteiger partial charge in [0.15, 0.2) is 0 Å². The van der Waals surface area contributed by atoms with E-state index in [-0.39, 0.29) is 0 Å². The van der Waals surface area contributed by atoms with E-state index in [4.69, 9.17) is 14.4 Å². The van der Waals surface area contributed by atoms with E-state index in [1.807, 2.05) is 12.1 Å². The zero-order valence-corrected chi connectivity index (χ0v) is 29.1. The minimum Gasteiger partial charge on any atom is -0.455 e. The number of benzene rings is 8. The largest absolute Gasteiger partial charge is 0.455 e. The molecule has 0 amide bonds. The average molecular weight is 694 g/mol. The van der Waals surface area contributed by atoms with Crippen molar-refractivity contribution in [2.75, 3.05) is 0 Å². The molecule has 0 saturated heterocycles. The van der Waals surface area contributed by atoms with Gasteiger partial charge in [-0.15, -0.1) is 11.3 Å². The van der Waals surface area contributed by atoms with Crippen molar-refractivity contribution in [1.29, 1.82) is 0 Å². The van der Waals surface area contributed by atoms with Crippen molar-refractivity contribution in [3.05, 3.63) is 164 Å². The Bertz CT molecular complexity index is 3450. The van der Waals surface area contributed by atoms with Gasteiger partial charge >= 0.3 is 0 Å². The lowest BCUT2D eigenvalue weighted by molar-refractivity contribution is 0.672. The van der Waals surface area contributed by atoms with E-state index in [1.54, 1.807) is 11.3 Å². The van der Waals surface area contributed by atoms with E-state index in [0.29, 0.717) is 5.95 Å². The Morgan fingerprint density at radius 1 is 0.472 bits per heavy atom. The van der Waals surface area contributed by atoms with Crippen molar-refractivity contribution in [1.82, 2.24) is 14.5 Å². The summed E-state index contributed by atoms with van der Waals surface area (Å²) < 4.78 is 11.1. The minimum atomic E-state index is 0.650. The summed E-state index contributed by atoms with van der Waals surface area (Å²) in [5, 5.41) is 10.4. The fourth-order valence-corrected chi connectivity index (χ4v) is 9.50. The standard InChI is InChI=1S/C48H27N3OS/c1-2-12-32-28(10-1)11-9-16-33(32)29-20-22-30(23-21-29)44-47-45(37-15-5-8-19-43(37)53-47)50-48(49-44)51-40-17-6-3-13-34(40)39-26-31-24-25-36-35-14-4-7-18-42(35)52-46(36)38(31)27-41(39)51/h1-27H. The lowest BCUT2D eigenvalue weighted by Gasteiger charge is -2.11. The monoisotopic (exact) mass is 693 g/mol. The Hall–Kier alpha value is -6.82. The van der Waals surface area contributed by atoms with Crippen molar-refractivity contribution in [2.24, 2.45) is 0 Å². The molecule has 0 N–H and O–H groups in total. The smallest absolute Gasteiger partial charge is 0.235 e. The molecule has 0 aliphatic carbocycles. The van der Waals surface area contributed by atoms with Gasteiger partial charge in [-0.2, -0.15) is 0 Å². The lowest BCUT2D eigenvalue weighted by atomic mass is 9.97. The van der Waals surface area contributed by atoms with Gasteiger partial charge in [-0.3, -0.25) is 4.57 Å². The number of para-hydroxylation sites is 2. The molecule has 0 bridgehead atoms. The number of rotatable bonds is 3. The third-order valence-corrected chi connectivity index (χ3v) is 12.0. The van der Waals surface area contributed by atoms with Gasteiger partial charge in [0.2, 0.25) is 5.95 Å². The van der Waals surface area contributed by atoms with Crippen molar-refractivity contribution in [2.45, 2.75) is 0 Å².